The Kier molecular flexibility index (Phi) is 7.16. The van der Waals surface area contributed by atoms with Crippen LogP contribution in [0.2, 0.25) is 0 Å². The molecule has 0 bridgehead atoms. The van der Waals surface area contributed by atoms with E-state index in [-0.39, 0.29) is 5.91 Å². The lowest BCUT2D eigenvalue weighted by molar-refractivity contribution is -0.142. The molecular formula is C13H23NO3S. The Balaban J connectivity index is 2.32. The maximum atomic E-state index is 11.8. The van der Waals surface area contributed by atoms with E-state index >= 15 is 0 Å². The molecule has 0 spiro atoms. The Morgan fingerprint density at radius 1 is 1.33 bits per heavy atom. The summed E-state index contributed by atoms with van der Waals surface area (Å²) in [5, 5.41) is 11.7. The molecule has 1 aliphatic rings. The highest BCUT2D eigenvalue weighted by Gasteiger charge is 2.22. The molecule has 1 rings (SSSR count). The molecule has 0 heterocycles. The van der Waals surface area contributed by atoms with Crippen LogP contribution < -0.4 is 5.32 Å². The summed E-state index contributed by atoms with van der Waals surface area (Å²) in [4.78, 5) is 22.8. The third-order valence-electron chi connectivity index (χ3n) is 3.44. The molecule has 1 amide bonds. The van der Waals surface area contributed by atoms with E-state index in [4.69, 9.17) is 5.11 Å². The molecule has 0 radical (unpaired) electrons. The van der Waals surface area contributed by atoms with Gasteiger partial charge in [0.15, 0.2) is 0 Å². The van der Waals surface area contributed by atoms with Gasteiger partial charge in [0.1, 0.15) is 6.04 Å². The van der Waals surface area contributed by atoms with Crippen LogP contribution in [-0.2, 0) is 9.59 Å². The van der Waals surface area contributed by atoms with Crippen LogP contribution in [0.15, 0.2) is 0 Å². The Morgan fingerprint density at radius 3 is 2.56 bits per heavy atom. The molecule has 1 fully saturated rings. The quantitative estimate of drug-likeness (QED) is 0.747. The Morgan fingerprint density at radius 2 is 2.00 bits per heavy atom. The van der Waals surface area contributed by atoms with Crippen LogP contribution in [0.25, 0.3) is 0 Å². The van der Waals surface area contributed by atoms with Crippen LogP contribution in [0, 0.1) is 5.92 Å². The molecule has 18 heavy (non-hydrogen) atoms. The lowest BCUT2D eigenvalue weighted by Gasteiger charge is -2.22. The molecule has 4 nitrogen and oxygen atoms in total. The first-order valence-corrected chi connectivity index (χ1v) is 8.04. The number of carboxylic acids is 1. The van der Waals surface area contributed by atoms with Crippen molar-refractivity contribution in [2.75, 3.05) is 12.0 Å². The van der Waals surface area contributed by atoms with Gasteiger partial charge in [-0.25, -0.2) is 4.79 Å². The number of thioether (sulfide) groups is 1. The first kappa shape index (κ1) is 15.3. The predicted octanol–water partition coefficient (Wildman–Crippen LogP) is 2.28. The van der Waals surface area contributed by atoms with E-state index in [0.717, 1.165) is 18.6 Å². The topological polar surface area (TPSA) is 66.4 Å². The summed E-state index contributed by atoms with van der Waals surface area (Å²) in [7, 11) is 0. The second kappa shape index (κ2) is 8.40. The molecule has 0 aromatic carbocycles. The van der Waals surface area contributed by atoms with Gasteiger partial charge in [0.25, 0.3) is 0 Å². The zero-order valence-electron chi connectivity index (χ0n) is 11.0. The fourth-order valence-corrected chi connectivity index (χ4v) is 2.87. The molecule has 2 N–H and O–H groups in total. The maximum Gasteiger partial charge on any atom is 0.326 e. The fourth-order valence-electron chi connectivity index (χ4n) is 2.40. The third-order valence-corrected chi connectivity index (χ3v) is 4.09. The zero-order valence-corrected chi connectivity index (χ0v) is 11.8. The number of aliphatic carboxylic acids is 1. The molecular weight excluding hydrogens is 250 g/mol. The average molecular weight is 273 g/mol. The maximum absolute atomic E-state index is 11.8. The molecule has 1 atom stereocenters. The van der Waals surface area contributed by atoms with E-state index in [1.165, 1.54) is 19.3 Å². The van der Waals surface area contributed by atoms with E-state index in [9.17, 15) is 9.59 Å². The number of hydrogen-bond donors (Lipinski definition) is 2. The van der Waals surface area contributed by atoms with Gasteiger partial charge < -0.3 is 10.4 Å². The molecule has 0 aromatic heterocycles. The van der Waals surface area contributed by atoms with Crippen molar-refractivity contribution in [1.29, 1.82) is 0 Å². The van der Waals surface area contributed by atoms with Gasteiger partial charge in [0.05, 0.1) is 0 Å². The summed E-state index contributed by atoms with van der Waals surface area (Å²) >= 11 is 1.60. The van der Waals surface area contributed by atoms with Crippen LogP contribution in [0.1, 0.15) is 44.9 Å². The van der Waals surface area contributed by atoms with Gasteiger partial charge in [-0.15, -0.1) is 0 Å². The van der Waals surface area contributed by atoms with Gasteiger partial charge >= 0.3 is 5.97 Å². The third kappa shape index (κ3) is 5.76. The molecule has 5 heteroatoms. The van der Waals surface area contributed by atoms with Crippen molar-refractivity contribution in [3.05, 3.63) is 0 Å². The second-order valence-electron chi connectivity index (χ2n) is 4.95. The molecule has 1 aliphatic carbocycles. The van der Waals surface area contributed by atoms with Crippen molar-refractivity contribution < 1.29 is 14.7 Å². The smallest absolute Gasteiger partial charge is 0.326 e. The Labute approximate surface area is 113 Å². The second-order valence-corrected chi connectivity index (χ2v) is 5.93. The number of carbonyl (C=O) groups is 2. The lowest BCUT2D eigenvalue weighted by Crippen LogP contribution is -2.41. The number of nitrogens with one attached hydrogen (secondary N) is 1. The minimum absolute atomic E-state index is 0.101. The van der Waals surface area contributed by atoms with E-state index in [0.29, 0.717) is 18.8 Å². The molecule has 0 saturated heterocycles. The van der Waals surface area contributed by atoms with E-state index in [2.05, 4.69) is 5.32 Å². The number of rotatable bonds is 7. The minimum Gasteiger partial charge on any atom is -0.480 e. The molecule has 0 unspecified atom stereocenters. The van der Waals surface area contributed by atoms with E-state index < -0.39 is 12.0 Å². The largest absolute Gasteiger partial charge is 0.480 e. The van der Waals surface area contributed by atoms with Crippen LogP contribution in [0.3, 0.4) is 0 Å². The van der Waals surface area contributed by atoms with Gasteiger partial charge in [-0.2, -0.15) is 11.8 Å². The van der Waals surface area contributed by atoms with E-state index in [1.807, 2.05) is 6.26 Å². The highest BCUT2D eigenvalue weighted by Crippen LogP contribution is 2.26. The van der Waals surface area contributed by atoms with Crippen molar-refractivity contribution in [1.82, 2.24) is 5.32 Å². The molecule has 104 valence electrons. The highest BCUT2D eigenvalue weighted by molar-refractivity contribution is 7.98. The number of amides is 1. The Bertz CT molecular complexity index is 277. The van der Waals surface area contributed by atoms with Crippen LogP contribution in [0.5, 0.6) is 0 Å². The summed E-state index contributed by atoms with van der Waals surface area (Å²) in [6, 6.07) is -0.728. The molecule has 0 aliphatic heterocycles. The van der Waals surface area contributed by atoms with Crippen molar-refractivity contribution >= 4 is 23.6 Å². The first-order valence-electron chi connectivity index (χ1n) is 6.64. The zero-order chi connectivity index (χ0) is 13.4. The number of carbonyl (C=O) groups excluding carboxylic acids is 1. The van der Waals surface area contributed by atoms with Gasteiger partial charge in [0, 0.05) is 6.42 Å². The van der Waals surface area contributed by atoms with E-state index in [1.54, 1.807) is 11.8 Å². The van der Waals surface area contributed by atoms with Gasteiger partial charge in [-0.1, -0.05) is 19.3 Å². The van der Waals surface area contributed by atoms with Gasteiger partial charge in [-0.05, 0) is 37.2 Å². The number of carboxylic acid groups (broad SMARTS) is 1. The molecule has 1 saturated carbocycles. The van der Waals surface area contributed by atoms with Crippen molar-refractivity contribution in [3.8, 4) is 0 Å². The Hall–Kier alpha value is -0.710. The monoisotopic (exact) mass is 273 g/mol. The van der Waals surface area contributed by atoms with Gasteiger partial charge in [-0.3, -0.25) is 4.79 Å². The summed E-state index contributed by atoms with van der Waals surface area (Å²) in [5.74, 6) is 0.172. The summed E-state index contributed by atoms with van der Waals surface area (Å²) < 4.78 is 0. The van der Waals surface area contributed by atoms with Crippen LogP contribution >= 0.6 is 11.8 Å². The van der Waals surface area contributed by atoms with Crippen molar-refractivity contribution in [2.45, 2.75) is 51.0 Å². The van der Waals surface area contributed by atoms with Crippen LogP contribution in [-0.4, -0.2) is 35.0 Å². The minimum atomic E-state index is -0.930. The predicted molar refractivity (Wildman–Crippen MR) is 73.8 cm³/mol. The SMILES string of the molecule is CSCC[C@H](NC(=O)CC1CCCCC1)C(=O)O. The first-order chi connectivity index (χ1) is 8.63. The molecule has 0 aromatic rings. The standard InChI is InChI=1S/C13H23NO3S/c1-18-8-7-11(13(16)17)14-12(15)9-10-5-3-2-4-6-10/h10-11H,2-9H2,1H3,(H,14,15)(H,16,17)/t11-/m0/s1. The van der Waals surface area contributed by atoms with Crippen molar-refractivity contribution in [3.63, 3.8) is 0 Å². The van der Waals surface area contributed by atoms with Crippen LogP contribution in [0.4, 0.5) is 0 Å². The summed E-state index contributed by atoms with van der Waals surface area (Å²) in [5.41, 5.74) is 0. The van der Waals surface area contributed by atoms with Crippen molar-refractivity contribution in [2.24, 2.45) is 5.92 Å². The fraction of sp³-hybridized carbons (Fsp3) is 0.846. The average Bonchev–Trinajstić information content (AvgIpc) is 2.35. The number of hydrogen-bond acceptors (Lipinski definition) is 3. The van der Waals surface area contributed by atoms with Gasteiger partial charge in [0.2, 0.25) is 5.91 Å². The summed E-state index contributed by atoms with van der Waals surface area (Å²) in [6.45, 7) is 0. The normalized spacial score (nSPS) is 18.3. The summed E-state index contributed by atoms with van der Waals surface area (Å²) in [6.07, 6.45) is 8.80. The lowest BCUT2D eigenvalue weighted by atomic mass is 9.87. The highest BCUT2D eigenvalue weighted by atomic mass is 32.2.